The molecule has 3 unspecified atom stereocenters. The van der Waals surface area contributed by atoms with Gasteiger partial charge in [0.05, 0.1) is 23.6 Å². The van der Waals surface area contributed by atoms with Crippen molar-refractivity contribution in [1.29, 1.82) is 0 Å². The van der Waals surface area contributed by atoms with Crippen molar-refractivity contribution < 1.29 is 14.0 Å². The summed E-state index contributed by atoms with van der Waals surface area (Å²) in [6.45, 7) is 4.53. The van der Waals surface area contributed by atoms with Crippen LogP contribution in [0.3, 0.4) is 0 Å². The Morgan fingerprint density at radius 2 is 1.87 bits per heavy atom. The van der Waals surface area contributed by atoms with Crippen LogP contribution in [-0.4, -0.2) is 42.4 Å². The second-order valence-electron chi connectivity index (χ2n) is 7.98. The van der Waals surface area contributed by atoms with Crippen LogP contribution in [0.15, 0.2) is 54.6 Å². The van der Waals surface area contributed by atoms with Crippen molar-refractivity contribution in [3.8, 4) is 0 Å². The van der Waals surface area contributed by atoms with Gasteiger partial charge in [0.2, 0.25) is 11.8 Å². The van der Waals surface area contributed by atoms with E-state index in [0.717, 1.165) is 24.2 Å². The zero-order valence-electron chi connectivity index (χ0n) is 17.1. The summed E-state index contributed by atoms with van der Waals surface area (Å²) in [5, 5.41) is 4.56. The summed E-state index contributed by atoms with van der Waals surface area (Å²) in [7, 11) is 0. The number of nitrogens with zero attached hydrogens (tertiary/aromatic N) is 2. The van der Waals surface area contributed by atoms with Crippen LogP contribution < -0.4 is 15.8 Å². The minimum absolute atomic E-state index is 0.00309. The van der Waals surface area contributed by atoms with Crippen LogP contribution in [0.4, 0.5) is 10.1 Å². The number of hydrogen-bond acceptors (Lipinski definition) is 4. The molecule has 2 amide bonds. The van der Waals surface area contributed by atoms with Gasteiger partial charge in [-0.1, -0.05) is 37.3 Å². The maximum Gasteiger partial charge on any atom is 0.247 e. The second-order valence-corrected chi connectivity index (χ2v) is 7.98. The Morgan fingerprint density at radius 3 is 2.57 bits per heavy atom. The molecule has 2 heterocycles. The molecule has 4 rings (SSSR count). The average molecular weight is 410 g/mol. The van der Waals surface area contributed by atoms with Crippen molar-refractivity contribution >= 4 is 17.5 Å². The molecular formula is C23H27FN4O2. The van der Waals surface area contributed by atoms with E-state index in [9.17, 15) is 14.0 Å². The van der Waals surface area contributed by atoms with E-state index >= 15 is 0 Å². The van der Waals surface area contributed by atoms with E-state index in [4.69, 9.17) is 0 Å². The number of hydrazine groups is 1. The fourth-order valence-electron chi connectivity index (χ4n) is 4.37. The van der Waals surface area contributed by atoms with Crippen LogP contribution in [0, 0.1) is 17.7 Å². The number of para-hydroxylation sites is 1. The number of carbonyl (C=O) groups excluding carboxylic acids is 2. The number of fused-ring (bicyclic) bond motifs is 1. The largest absolute Gasteiger partial charge is 0.352 e. The van der Waals surface area contributed by atoms with Gasteiger partial charge in [0.25, 0.3) is 0 Å². The summed E-state index contributed by atoms with van der Waals surface area (Å²) < 4.78 is 13.1. The normalized spacial score (nSPS) is 24.0. The zero-order valence-corrected chi connectivity index (χ0v) is 17.1. The lowest BCUT2D eigenvalue weighted by Gasteiger charge is -2.38. The van der Waals surface area contributed by atoms with Gasteiger partial charge in [-0.05, 0) is 42.8 Å². The lowest BCUT2D eigenvalue weighted by Crippen LogP contribution is -2.57. The molecule has 2 aromatic carbocycles. The molecular weight excluding hydrogens is 383 g/mol. The number of anilines is 1. The smallest absolute Gasteiger partial charge is 0.247 e. The van der Waals surface area contributed by atoms with Crippen LogP contribution in [0.5, 0.6) is 0 Å². The monoisotopic (exact) mass is 410 g/mol. The van der Waals surface area contributed by atoms with E-state index in [1.165, 1.54) is 12.1 Å². The summed E-state index contributed by atoms with van der Waals surface area (Å²) in [5.74, 6) is -1.01. The molecule has 158 valence electrons. The van der Waals surface area contributed by atoms with E-state index < -0.39 is 0 Å². The number of carbonyl (C=O) groups is 2. The predicted octanol–water partition coefficient (Wildman–Crippen LogP) is 2.32. The molecule has 2 fully saturated rings. The quantitative estimate of drug-likeness (QED) is 0.767. The molecule has 3 atom stereocenters. The van der Waals surface area contributed by atoms with Gasteiger partial charge >= 0.3 is 0 Å². The number of hydrogen-bond donors (Lipinski definition) is 2. The average Bonchev–Trinajstić information content (AvgIpc) is 3.10. The van der Waals surface area contributed by atoms with Crippen molar-refractivity contribution in [2.75, 3.05) is 24.6 Å². The van der Waals surface area contributed by atoms with E-state index in [-0.39, 0.29) is 35.5 Å². The van der Waals surface area contributed by atoms with Gasteiger partial charge < -0.3 is 10.2 Å². The predicted molar refractivity (Wildman–Crippen MR) is 113 cm³/mol. The third-order valence-electron chi connectivity index (χ3n) is 5.86. The molecule has 2 saturated heterocycles. The molecule has 0 radical (unpaired) electrons. The molecule has 2 aromatic rings. The van der Waals surface area contributed by atoms with E-state index in [0.29, 0.717) is 19.6 Å². The maximum atomic E-state index is 13.1. The molecule has 30 heavy (non-hydrogen) atoms. The highest BCUT2D eigenvalue weighted by Crippen LogP contribution is 2.32. The van der Waals surface area contributed by atoms with Crippen molar-refractivity contribution in [1.82, 2.24) is 15.6 Å². The number of likely N-dealkylation sites (tertiary alicyclic amines) is 1. The van der Waals surface area contributed by atoms with Crippen LogP contribution in [0.1, 0.15) is 18.9 Å². The molecule has 2 N–H and O–H groups in total. The van der Waals surface area contributed by atoms with Crippen LogP contribution in [0.2, 0.25) is 0 Å². The molecule has 0 aromatic heterocycles. The molecule has 6 nitrogen and oxygen atoms in total. The van der Waals surface area contributed by atoms with Gasteiger partial charge in [-0.25, -0.2) is 14.8 Å². The summed E-state index contributed by atoms with van der Waals surface area (Å²) >= 11 is 0. The SMILES string of the molecule is CCCN1CC(C(=O)NCc2ccc(F)cc2)C2NN(c3ccccc3)C(=O)C2C1. The molecule has 0 saturated carbocycles. The first-order valence-corrected chi connectivity index (χ1v) is 10.5. The van der Waals surface area contributed by atoms with Crippen molar-refractivity contribution in [3.63, 3.8) is 0 Å². The Balaban J connectivity index is 1.51. The highest BCUT2D eigenvalue weighted by Gasteiger charge is 2.50. The first-order valence-electron chi connectivity index (χ1n) is 10.5. The second kappa shape index (κ2) is 8.93. The third-order valence-corrected chi connectivity index (χ3v) is 5.86. The molecule has 2 aliphatic heterocycles. The van der Waals surface area contributed by atoms with Gasteiger partial charge in [0.15, 0.2) is 0 Å². The molecule has 0 aliphatic carbocycles. The first-order chi connectivity index (χ1) is 14.6. The Morgan fingerprint density at radius 1 is 1.13 bits per heavy atom. The Bertz CT molecular complexity index is 890. The van der Waals surface area contributed by atoms with Gasteiger partial charge in [-0.2, -0.15) is 0 Å². The van der Waals surface area contributed by atoms with Crippen LogP contribution in [-0.2, 0) is 16.1 Å². The van der Waals surface area contributed by atoms with E-state index in [2.05, 4.69) is 22.6 Å². The summed E-state index contributed by atoms with van der Waals surface area (Å²) in [6.07, 6.45) is 0.964. The summed E-state index contributed by atoms with van der Waals surface area (Å²) in [5.41, 5.74) is 4.92. The molecule has 0 spiro atoms. The lowest BCUT2D eigenvalue weighted by molar-refractivity contribution is -0.130. The molecule has 7 heteroatoms. The summed E-state index contributed by atoms with van der Waals surface area (Å²) in [4.78, 5) is 28.4. The van der Waals surface area contributed by atoms with E-state index in [1.54, 1.807) is 17.1 Å². The number of amides is 2. The number of halogens is 1. The fourth-order valence-corrected chi connectivity index (χ4v) is 4.37. The first kappa shape index (κ1) is 20.5. The fraction of sp³-hybridized carbons (Fsp3) is 0.391. The number of rotatable bonds is 6. The van der Waals surface area contributed by atoms with Crippen molar-refractivity contribution in [2.45, 2.75) is 25.9 Å². The van der Waals surface area contributed by atoms with Crippen LogP contribution >= 0.6 is 0 Å². The minimum Gasteiger partial charge on any atom is -0.352 e. The van der Waals surface area contributed by atoms with Gasteiger partial charge in [0, 0.05) is 19.6 Å². The highest BCUT2D eigenvalue weighted by molar-refractivity contribution is 5.98. The Hall–Kier alpha value is -2.77. The molecule has 2 aliphatic rings. The van der Waals surface area contributed by atoms with Crippen molar-refractivity contribution in [3.05, 3.63) is 66.0 Å². The lowest BCUT2D eigenvalue weighted by atomic mass is 9.84. The summed E-state index contributed by atoms with van der Waals surface area (Å²) in [6, 6.07) is 15.3. The number of piperidine rings is 1. The molecule has 0 bridgehead atoms. The van der Waals surface area contributed by atoms with Gasteiger partial charge in [-0.3, -0.25) is 9.59 Å². The third kappa shape index (κ3) is 4.22. The topological polar surface area (TPSA) is 64.7 Å². The van der Waals surface area contributed by atoms with Gasteiger partial charge in [0.1, 0.15) is 5.82 Å². The van der Waals surface area contributed by atoms with Crippen LogP contribution in [0.25, 0.3) is 0 Å². The highest BCUT2D eigenvalue weighted by atomic mass is 19.1. The van der Waals surface area contributed by atoms with Crippen molar-refractivity contribution in [2.24, 2.45) is 11.8 Å². The zero-order chi connectivity index (χ0) is 21.1. The number of nitrogens with one attached hydrogen (secondary N) is 2. The van der Waals surface area contributed by atoms with E-state index in [1.807, 2.05) is 30.3 Å². The Kier molecular flexibility index (Phi) is 6.11. The van der Waals surface area contributed by atoms with Gasteiger partial charge in [-0.15, -0.1) is 0 Å². The minimum atomic E-state index is -0.353. The Labute approximate surface area is 176 Å². The standard InChI is InChI=1S/C23H27FN4O2/c1-2-12-27-14-19(22(29)25-13-16-8-10-17(24)11-9-16)21-20(15-27)23(30)28(26-21)18-6-4-3-5-7-18/h3-11,19-21,26H,2,12-15H2,1H3,(H,25,29). The number of benzene rings is 2. The maximum absolute atomic E-state index is 13.1.